The van der Waals surface area contributed by atoms with Gasteiger partial charge in [0.1, 0.15) is 0 Å². The van der Waals surface area contributed by atoms with Crippen LogP contribution in [0.1, 0.15) is 52.9 Å². The van der Waals surface area contributed by atoms with Gasteiger partial charge < -0.3 is 10.2 Å². The summed E-state index contributed by atoms with van der Waals surface area (Å²) in [5, 5.41) is 3.80. The van der Waals surface area contributed by atoms with Crippen molar-refractivity contribution in [2.24, 2.45) is 5.41 Å². The van der Waals surface area contributed by atoms with Gasteiger partial charge in [-0.15, -0.1) is 0 Å². The minimum atomic E-state index is 0.634. The van der Waals surface area contributed by atoms with Crippen LogP contribution in [0.2, 0.25) is 0 Å². The molecule has 1 aliphatic carbocycles. The van der Waals surface area contributed by atoms with Crippen molar-refractivity contribution in [2.45, 2.75) is 65.0 Å². The fraction of sp³-hybridized carbons (Fsp3) is 1.00. The first kappa shape index (κ1) is 12.4. The summed E-state index contributed by atoms with van der Waals surface area (Å²) in [5.41, 5.74) is 0.634. The van der Waals surface area contributed by atoms with Crippen molar-refractivity contribution in [3.05, 3.63) is 0 Å². The number of nitrogens with one attached hydrogen (secondary N) is 1. The second-order valence-corrected chi connectivity index (χ2v) is 6.45. The molecule has 1 heterocycles. The Morgan fingerprint density at radius 2 is 1.88 bits per heavy atom. The summed E-state index contributed by atoms with van der Waals surface area (Å²) < 4.78 is 0. The Hall–Kier alpha value is -0.0800. The lowest BCUT2D eigenvalue weighted by molar-refractivity contribution is 0.124. The Labute approximate surface area is 101 Å². The normalized spacial score (nSPS) is 27.0. The first-order valence-electron chi connectivity index (χ1n) is 7.06. The van der Waals surface area contributed by atoms with Crippen molar-refractivity contribution in [2.75, 3.05) is 19.6 Å². The molecule has 0 unspecified atom stereocenters. The van der Waals surface area contributed by atoms with Gasteiger partial charge in [-0.05, 0) is 58.0 Å². The fourth-order valence-corrected chi connectivity index (χ4v) is 2.97. The van der Waals surface area contributed by atoms with Crippen molar-refractivity contribution in [3.8, 4) is 0 Å². The van der Waals surface area contributed by atoms with Gasteiger partial charge in [-0.2, -0.15) is 0 Å². The topological polar surface area (TPSA) is 15.3 Å². The Bertz CT molecular complexity index is 213. The van der Waals surface area contributed by atoms with Crippen molar-refractivity contribution >= 4 is 0 Å². The van der Waals surface area contributed by atoms with Crippen LogP contribution in [0.4, 0.5) is 0 Å². The zero-order valence-electron chi connectivity index (χ0n) is 11.3. The average molecular weight is 224 g/mol. The Morgan fingerprint density at radius 3 is 2.31 bits per heavy atom. The maximum absolute atomic E-state index is 3.80. The van der Waals surface area contributed by atoms with E-state index in [4.69, 9.17) is 0 Å². The molecule has 2 heteroatoms. The van der Waals surface area contributed by atoms with Gasteiger partial charge in [-0.1, -0.05) is 13.3 Å². The third-order valence-electron chi connectivity index (χ3n) is 4.64. The van der Waals surface area contributed by atoms with Gasteiger partial charge >= 0.3 is 0 Å². The molecular weight excluding hydrogens is 196 g/mol. The zero-order chi connectivity index (χ0) is 11.6. The predicted molar refractivity (Wildman–Crippen MR) is 69.7 cm³/mol. The highest BCUT2D eigenvalue weighted by Crippen LogP contribution is 2.39. The van der Waals surface area contributed by atoms with E-state index in [1.807, 2.05) is 0 Å². The zero-order valence-corrected chi connectivity index (χ0v) is 11.3. The van der Waals surface area contributed by atoms with Gasteiger partial charge in [0, 0.05) is 18.6 Å². The quantitative estimate of drug-likeness (QED) is 0.790. The van der Waals surface area contributed by atoms with Gasteiger partial charge in [-0.3, -0.25) is 0 Å². The van der Waals surface area contributed by atoms with Crippen LogP contribution in [-0.2, 0) is 0 Å². The van der Waals surface area contributed by atoms with Crippen molar-refractivity contribution in [1.29, 1.82) is 0 Å². The third kappa shape index (κ3) is 2.98. The smallest absolute Gasteiger partial charge is 0.00916 e. The first-order chi connectivity index (χ1) is 7.59. The van der Waals surface area contributed by atoms with Gasteiger partial charge in [0.2, 0.25) is 0 Å². The maximum Gasteiger partial charge on any atom is 0.00916 e. The average Bonchev–Trinajstić information content (AvgIpc) is 2.24. The van der Waals surface area contributed by atoms with E-state index in [2.05, 4.69) is 31.0 Å². The highest BCUT2D eigenvalue weighted by atomic mass is 15.2. The van der Waals surface area contributed by atoms with Crippen LogP contribution in [0.25, 0.3) is 0 Å². The molecule has 2 aliphatic rings. The van der Waals surface area contributed by atoms with Crippen LogP contribution in [0, 0.1) is 5.41 Å². The van der Waals surface area contributed by atoms with Gasteiger partial charge in [-0.25, -0.2) is 0 Å². The SMILES string of the molecule is CC(C)N1CCC(NCC2(C)CCC2)CC1. The summed E-state index contributed by atoms with van der Waals surface area (Å²) in [6.07, 6.45) is 7.00. The molecule has 0 atom stereocenters. The molecule has 1 saturated heterocycles. The minimum Gasteiger partial charge on any atom is -0.313 e. The van der Waals surface area contributed by atoms with E-state index < -0.39 is 0 Å². The number of piperidine rings is 1. The lowest BCUT2D eigenvalue weighted by atomic mass is 9.70. The van der Waals surface area contributed by atoms with Crippen LogP contribution in [0.3, 0.4) is 0 Å². The van der Waals surface area contributed by atoms with Crippen LogP contribution in [0.5, 0.6) is 0 Å². The van der Waals surface area contributed by atoms with Gasteiger partial charge in [0.05, 0.1) is 0 Å². The largest absolute Gasteiger partial charge is 0.313 e. The van der Waals surface area contributed by atoms with Crippen molar-refractivity contribution < 1.29 is 0 Å². The van der Waals surface area contributed by atoms with Crippen molar-refractivity contribution in [1.82, 2.24) is 10.2 Å². The van der Waals surface area contributed by atoms with E-state index in [9.17, 15) is 0 Å². The molecule has 1 saturated carbocycles. The van der Waals surface area contributed by atoms with Crippen LogP contribution in [0.15, 0.2) is 0 Å². The molecule has 2 rings (SSSR count). The number of likely N-dealkylation sites (tertiary alicyclic amines) is 1. The molecule has 0 radical (unpaired) electrons. The Morgan fingerprint density at radius 1 is 1.25 bits per heavy atom. The monoisotopic (exact) mass is 224 g/mol. The summed E-state index contributed by atoms with van der Waals surface area (Å²) in [5.74, 6) is 0. The second kappa shape index (κ2) is 5.05. The molecule has 1 aliphatic heterocycles. The lowest BCUT2D eigenvalue weighted by Crippen LogP contribution is -2.48. The van der Waals surface area contributed by atoms with E-state index in [0.29, 0.717) is 5.41 Å². The summed E-state index contributed by atoms with van der Waals surface area (Å²) in [7, 11) is 0. The summed E-state index contributed by atoms with van der Waals surface area (Å²) >= 11 is 0. The van der Waals surface area contributed by atoms with Crippen LogP contribution < -0.4 is 5.32 Å². The first-order valence-corrected chi connectivity index (χ1v) is 7.06. The summed E-state index contributed by atoms with van der Waals surface area (Å²) in [6.45, 7) is 10.9. The number of hydrogen-bond acceptors (Lipinski definition) is 2. The Balaban J connectivity index is 1.65. The highest BCUT2D eigenvalue weighted by molar-refractivity contribution is 4.87. The number of nitrogens with zero attached hydrogens (tertiary/aromatic N) is 1. The minimum absolute atomic E-state index is 0.634. The summed E-state index contributed by atoms with van der Waals surface area (Å²) in [6, 6.07) is 1.51. The van der Waals surface area contributed by atoms with Crippen molar-refractivity contribution in [3.63, 3.8) is 0 Å². The standard InChI is InChI=1S/C14H28N2/c1-12(2)16-9-5-13(6-10-16)15-11-14(3)7-4-8-14/h12-13,15H,4-11H2,1-3H3. The van der Waals surface area contributed by atoms with Crippen LogP contribution in [-0.4, -0.2) is 36.6 Å². The molecular formula is C14H28N2. The number of rotatable bonds is 4. The van der Waals surface area contributed by atoms with E-state index >= 15 is 0 Å². The van der Waals surface area contributed by atoms with Gasteiger partial charge in [0.15, 0.2) is 0 Å². The maximum atomic E-state index is 3.80. The molecule has 16 heavy (non-hydrogen) atoms. The molecule has 1 N–H and O–H groups in total. The lowest BCUT2D eigenvalue weighted by Gasteiger charge is -2.41. The molecule has 0 aromatic rings. The molecule has 0 aromatic carbocycles. The summed E-state index contributed by atoms with van der Waals surface area (Å²) in [4.78, 5) is 2.60. The molecule has 0 amide bonds. The van der Waals surface area contributed by atoms with Crippen LogP contribution >= 0.6 is 0 Å². The fourth-order valence-electron chi connectivity index (χ4n) is 2.97. The molecule has 0 bridgehead atoms. The van der Waals surface area contributed by atoms with E-state index in [0.717, 1.165) is 12.1 Å². The third-order valence-corrected chi connectivity index (χ3v) is 4.64. The molecule has 0 aromatic heterocycles. The van der Waals surface area contributed by atoms with E-state index in [1.165, 1.54) is 51.7 Å². The van der Waals surface area contributed by atoms with Gasteiger partial charge in [0.25, 0.3) is 0 Å². The van der Waals surface area contributed by atoms with E-state index in [1.54, 1.807) is 0 Å². The molecule has 0 spiro atoms. The predicted octanol–water partition coefficient (Wildman–Crippen LogP) is 2.64. The van der Waals surface area contributed by atoms with E-state index in [-0.39, 0.29) is 0 Å². The molecule has 2 fully saturated rings. The number of hydrogen-bond donors (Lipinski definition) is 1. The molecule has 94 valence electrons. The second-order valence-electron chi connectivity index (χ2n) is 6.45. The molecule has 2 nitrogen and oxygen atoms in total. The Kier molecular flexibility index (Phi) is 3.91. The highest BCUT2D eigenvalue weighted by Gasteiger charge is 2.32.